The van der Waals surface area contributed by atoms with E-state index in [1.807, 2.05) is 36.4 Å². The molecule has 2 aromatic carbocycles. The number of methoxy groups -OCH3 is 1. The summed E-state index contributed by atoms with van der Waals surface area (Å²) in [5.41, 5.74) is 6.26. The number of carbonyl (C=O) groups excluding carboxylic acids is 1. The van der Waals surface area contributed by atoms with Crippen LogP contribution in [0.4, 0.5) is 5.69 Å². The summed E-state index contributed by atoms with van der Waals surface area (Å²) in [5, 5.41) is 3.02. The summed E-state index contributed by atoms with van der Waals surface area (Å²) in [6.45, 7) is 8.49. The van der Waals surface area contributed by atoms with Crippen LogP contribution in [0.15, 0.2) is 59.7 Å². The lowest BCUT2D eigenvalue weighted by molar-refractivity contribution is -0.115. The average Bonchev–Trinajstić information content (AvgIpc) is 3.12. The van der Waals surface area contributed by atoms with E-state index in [-0.39, 0.29) is 23.5 Å². The number of fused-ring (bicyclic) bond motifs is 3. The molecule has 0 fully saturated rings. The van der Waals surface area contributed by atoms with Gasteiger partial charge in [0.2, 0.25) is 5.91 Å². The van der Waals surface area contributed by atoms with Crippen LogP contribution in [0.2, 0.25) is 0 Å². The molecule has 0 saturated heterocycles. The SMILES string of the molecule is COc1cc2c(c3c1OC(C)(C)C3)C(c1cccc(NC(=O)Cc3ccccn3)c1)=NC(C)(C)C2. The van der Waals surface area contributed by atoms with Crippen molar-refractivity contribution >= 4 is 17.3 Å². The molecule has 0 atom stereocenters. The number of aliphatic imine (C=N–C) groups is 1. The van der Waals surface area contributed by atoms with Gasteiger partial charge in [-0.25, -0.2) is 0 Å². The average molecular weight is 470 g/mol. The van der Waals surface area contributed by atoms with Crippen molar-refractivity contribution in [2.24, 2.45) is 4.99 Å². The molecule has 1 N–H and O–H groups in total. The first-order valence-corrected chi connectivity index (χ1v) is 12.0. The molecular weight excluding hydrogens is 438 g/mol. The van der Waals surface area contributed by atoms with E-state index in [2.05, 4.69) is 50.1 Å². The van der Waals surface area contributed by atoms with Crippen molar-refractivity contribution in [1.29, 1.82) is 0 Å². The van der Waals surface area contributed by atoms with Crippen molar-refractivity contribution in [1.82, 2.24) is 4.98 Å². The minimum absolute atomic E-state index is 0.104. The fourth-order valence-corrected chi connectivity index (χ4v) is 5.05. The highest BCUT2D eigenvalue weighted by molar-refractivity contribution is 6.16. The Hall–Kier alpha value is -3.67. The number of ether oxygens (including phenoxy) is 2. The van der Waals surface area contributed by atoms with Gasteiger partial charge in [-0.15, -0.1) is 0 Å². The van der Waals surface area contributed by atoms with Crippen molar-refractivity contribution in [3.8, 4) is 11.5 Å². The highest BCUT2D eigenvalue weighted by Crippen LogP contribution is 2.47. The van der Waals surface area contributed by atoms with Crippen LogP contribution < -0.4 is 14.8 Å². The first-order chi connectivity index (χ1) is 16.6. The summed E-state index contributed by atoms with van der Waals surface area (Å²) in [6, 6.07) is 15.6. The maximum atomic E-state index is 12.7. The standard InChI is InChI=1S/C29H31N3O3/c1-28(2)16-19-14-23(34-5)27-22(17-29(3,4)35-27)25(19)26(32-28)18-9-8-11-21(13-18)31-24(33)15-20-10-6-7-12-30-20/h6-14H,15-17H2,1-5H3,(H,31,33). The van der Waals surface area contributed by atoms with Gasteiger partial charge in [0.15, 0.2) is 11.5 Å². The number of anilines is 1. The Morgan fingerprint density at radius 1 is 1.09 bits per heavy atom. The number of benzene rings is 2. The van der Waals surface area contributed by atoms with Crippen LogP contribution in [0.5, 0.6) is 11.5 Å². The fourth-order valence-electron chi connectivity index (χ4n) is 5.05. The zero-order valence-electron chi connectivity index (χ0n) is 20.9. The lowest BCUT2D eigenvalue weighted by Crippen LogP contribution is -2.30. The van der Waals surface area contributed by atoms with Crippen molar-refractivity contribution in [3.05, 3.63) is 82.7 Å². The normalized spacial score (nSPS) is 17.0. The van der Waals surface area contributed by atoms with Crippen LogP contribution in [0.25, 0.3) is 0 Å². The van der Waals surface area contributed by atoms with Gasteiger partial charge >= 0.3 is 0 Å². The molecule has 0 radical (unpaired) electrons. The molecule has 6 heteroatoms. The highest BCUT2D eigenvalue weighted by Gasteiger charge is 2.39. The molecular formula is C29H31N3O3. The summed E-state index contributed by atoms with van der Waals surface area (Å²) in [4.78, 5) is 22.1. The number of nitrogens with zero attached hydrogens (tertiary/aromatic N) is 2. The lowest BCUT2D eigenvalue weighted by atomic mass is 9.81. The Morgan fingerprint density at radius 3 is 2.66 bits per heavy atom. The van der Waals surface area contributed by atoms with Crippen LogP contribution in [-0.4, -0.2) is 34.9 Å². The van der Waals surface area contributed by atoms with Crippen molar-refractivity contribution in [3.63, 3.8) is 0 Å². The van der Waals surface area contributed by atoms with Crippen molar-refractivity contribution in [2.75, 3.05) is 12.4 Å². The van der Waals surface area contributed by atoms with E-state index >= 15 is 0 Å². The minimum Gasteiger partial charge on any atom is -0.493 e. The molecule has 0 aliphatic carbocycles. The number of amides is 1. The fraction of sp³-hybridized carbons (Fsp3) is 0.345. The van der Waals surface area contributed by atoms with Gasteiger partial charge in [0, 0.05) is 40.7 Å². The monoisotopic (exact) mass is 469 g/mol. The van der Waals surface area contributed by atoms with Gasteiger partial charge in [-0.3, -0.25) is 14.8 Å². The molecule has 35 heavy (non-hydrogen) atoms. The Kier molecular flexibility index (Phi) is 5.62. The Labute approximate surface area is 206 Å². The van der Waals surface area contributed by atoms with Gasteiger partial charge in [-0.2, -0.15) is 0 Å². The van der Waals surface area contributed by atoms with E-state index in [1.54, 1.807) is 13.3 Å². The lowest BCUT2D eigenvalue weighted by Gasteiger charge is -2.31. The molecule has 2 aliphatic heterocycles. The summed E-state index contributed by atoms with van der Waals surface area (Å²) < 4.78 is 12.0. The summed E-state index contributed by atoms with van der Waals surface area (Å²) in [5.74, 6) is 1.48. The number of aromatic nitrogens is 1. The zero-order valence-corrected chi connectivity index (χ0v) is 20.9. The molecule has 0 saturated carbocycles. The smallest absolute Gasteiger partial charge is 0.230 e. The minimum atomic E-state index is -0.315. The third kappa shape index (κ3) is 4.65. The molecule has 3 aromatic rings. The molecule has 5 rings (SSSR count). The second kappa shape index (κ2) is 8.52. The number of nitrogens with one attached hydrogen (secondary N) is 1. The van der Waals surface area contributed by atoms with Gasteiger partial charge in [-0.05, 0) is 70.0 Å². The van der Waals surface area contributed by atoms with Crippen LogP contribution in [0.1, 0.15) is 55.6 Å². The number of hydrogen-bond acceptors (Lipinski definition) is 5. The predicted octanol–water partition coefficient (Wildman–Crippen LogP) is 5.16. The second-order valence-electron chi connectivity index (χ2n) is 10.5. The highest BCUT2D eigenvalue weighted by atomic mass is 16.5. The molecule has 3 heterocycles. The molecule has 6 nitrogen and oxygen atoms in total. The van der Waals surface area contributed by atoms with E-state index in [0.29, 0.717) is 0 Å². The van der Waals surface area contributed by atoms with E-state index < -0.39 is 0 Å². The summed E-state index contributed by atoms with van der Waals surface area (Å²) in [7, 11) is 1.69. The molecule has 0 bridgehead atoms. The number of rotatable bonds is 5. The van der Waals surface area contributed by atoms with Gasteiger partial charge < -0.3 is 14.8 Å². The molecule has 1 aromatic heterocycles. The number of pyridine rings is 1. The third-order valence-corrected chi connectivity index (χ3v) is 6.39. The predicted molar refractivity (Wildman–Crippen MR) is 138 cm³/mol. The summed E-state index contributed by atoms with van der Waals surface area (Å²) in [6.07, 6.45) is 3.52. The van der Waals surface area contributed by atoms with E-state index in [9.17, 15) is 4.79 Å². The first-order valence-electron chi connectivity index (χ1n) is 12.0. The van der Waals surface area contributed by atoms with Crippen LogP contribution in [-0.2, 0) is 24.1 Å². The zero-order chi connectivity index (χ0) is 24.8. The van der Waals surface area contributed by atoms with Gasteiger partial charge in [0.05, 0.1) is 24.8 Å². The third-order valence-electron chi connectivity index (χ3n) is 6.39. The molecule has 180 valence electrons. The van der Waals surface area contributed by atoms with Gasteiger partial charge in [0.1, 0.15) is 5.60 Å². The summed E-state index contributed by atoms with van der Waals surface area (Å²) >= 11 is 0. The van der Waals surface area contributed by atoms with Crippen LogP contribution in [0, 0.1) is 0 Å². The topological polar surface area (TPSA) is 72.8 Å². The molecule has 2 aliphatic rings. The number of carbonyl (C=O) groups is 1. The second-order valence-corrected chi connectivity index (χ2v) is 10.5. The maximum absolute atomic E-state index is 12.7. The largest absolute Gasteiger partial charge is 0.493 e. The van der Waals surface area contributed by atoms with Crippen molar-refractivity contribution in [2.45, 2.75) is 58.1 Å². The Bertz CT molecular complexity index is 1330. The Morgan fingerprint density at radius 2 is 1.91 bits per heavy atom. The maximum Gasteiger partial charge on any atom is 0.230 e. The first kappa shape index (κ1) is 23.1. The molecule has 1 amide bonds. The molecule has 0 unspecified atom stereocenters. The quantitative estimate of drug-likeness (QED) is 0.560. The van der Waals surface area contributed by atoms with Crippen LogP contribution >= 0.6 is 0 Å². The Balaban J connectivity index is 1.53. The van der Waals surface area contributed by atoms with E-state index in [1.165, 1.54) is 5.56 Å². The van der Waals surface area contributed by atoms with Crippen LogP contribution in [0.3, 0.4) is 0 Å². The number of hydrogen-bond donors (Lipinski definition) is 1. The van der Waals surface area contributed by atoms with Crippen molar-refractivity contribution < 1.29 is 14.3 Å². The van der Waals surface area contributed by atoms with Gasteiger partial charge in [0.25, 0.3) is 0 Å². The van der Waals surface area contributed by atoms with E-state index in [4.69, 9.17) is 14.5 Å². The van der Waals surface area contributed by atoms with E-state index in [0.717, 1.165) is 58.1 Å². The molecule has 0 spiro atoms. The van der Waals surface area contributed by atoms with Gasteiger partial charge in [-0.1, -0.05) is 18.2 Å².